The van der Waals surface area contributed by atoms with Gasteiger partial charge >= 0.3 is 0 Å². The van der Waals surface area contributed by atoms with E-state index in [0.717, 1.165) is 22.0 Å². The lowest BCUT2D eigenvalue weighted by Crippen LogP contribution is -2.34. The Morgan fingerprint density at radius 3 is 3.11 bits per heavy atom. The first-order chi connectivity index (χ1) is 13.1. The lowest BCUT2D eigenvalue weighted by Gasteiger charge is -2.12. The van der Waals surface area contributed by atoms with Gasteiger partial charge in [-0.2, -0.15) is 0 Å². The third-order valence-electron chi connectivity index (χ3n) is 4.20. The molecule has 0 radical (unpaired) electrons. The topological polar surface area (TPSA) is 64.1 Å². The smallest absolute Gasteiger partial charge is 0.261 e. The number of nitrogens with zero attached hydrogens (tertiary/aromatic N) is 2. The molecule has 0 saturated carbocycles. The number of fused-ring (bicyclic) bond motifs is 1. The summed E-state index contributed by atoms with van der Waals surface area (Å²) in [7, 11) is 0. The normalized spacial score (nSPS) is 15.3. The van der Waals surface area contributed by atoms with Crippen molar-refractivity contribution in [2.24, 2.45) is 0 Å². The average molecular weight is 418 g/mol. The molecular weight excluding hydrogens is 402 g/mol. The minimum Gasteiger partial charge on any atom is -0.486 e. The molecule has 1 N–H and O–H groups in total. The third-order valence-corrected chi connectivity index (χ3v) is 5.91. The van der Waals surface area contributed by atoms with E-state index in [1.54, 1.807) is 12.3 Å². The van der Waals surface area contributed by atoms with Crippen molar-refractivity contribution in [1.29, 1.82) is 0 Å². The monoisotopic (exact) mass is 417 g/mol. The van der Waals surface area contributed by atoms with Crippen molar-refractivity contribution in [3.05, 3.63) is 57.4 Å². The second-order valence-electron chi connectivity index (χ2n) is 6.01. The standard InChI is InChI=1S/C19H16ClN3O2S2/c1-26-19-21-5-4-15(23-19)11-7-12-8-13(25-17(12)14(20)9-11)10-22-18(24)16-3-2-6-27-16/h2-7,9,13H,8,10H2,1H3,(H,22,24). The summed E-state index contributed by atoms with van der Waals surface area (Å²) in [6, 6.07) is 9.44. The fraction of sp³-hybridized carbons (Fsp3) is 0.211. The summed E-state index contributed by atoms with van der Waals surface area (Å²) in [6.07, 6.45) is 4.24. The number of amides is 1. The van der Waals surface area contributed by atoms with Crippen LogP contribution in [0.4, 0.5) is 0 Å². The number of benzene rings is 1. The Morgan fingerprint density at radius 2 is 2.33 bits per heavy atom. The number of hydrogen-bond donors (Lipinski definition) is 1. The van der Waals surface area contributed by atoms with Crippen molar-refractivity contribution < 1.29 is 9.53 Å². The molecule has 2 aromatic heterocycles. The SMILES string of the molecule is CSc1nccc(-c2cc(Cl)c3c(c2)CC(CNC(=O)c2cccs2)O3)n1. The Labute approximate surface area is 170 Å². The van der Waals surface area contributed by atoms with Crippen molar-refractivity contribution in [3.63, 3.8) is 0 Å². The van der Waals surface area contributed by atoms with Gasteiger partial charge in [0, 0.05) is 23.7 Å². The maximum Gasteiger partial charge on any atom is 0.261 e. The fourth-order valence-electron chi connectivity index (χ4n) is 2.95. The molecule has 1 aliphatic heterocycles. The summed E-state index contributed by atoms with van der Waals surface area (Å²) in [6.45, 7) is 0.432. The molecule has 0 saturated heterocycles. The Balaban J connectivity index is 1.48. The molecule has 0 fully saturated rings. The van der Waals surface area contributed by atoms with Gasteiger partial charge in [-0.25, -0.2) is 9.97 Å². The number of nitrogens with one attached hydrogen (secondary N) is 1. The van der Waals surface area contributed by atoms with Gasteiger partial charge in [0.15, 0.2) is 5.16 Å². The number of hydrogen-bond acceptors (Lipinski definition) is 6. The highest BCUT2D eigenvalue weighted by Gasteiger charge is 2.26. The Hall–Kier alpha value is -2.09. The molecule has 1 atom stereocenters. The lowest BCUT2D eigenvalue weighted by molar-refractivity contribution is 0.0937. The van der Waals surface area contributed by atoms with Gasteiger partial charge in [-0.3, -0.25) is 4.79 Å². The van der Waals surface area contributed by atoms with E-state index < -0.39 is 0 Å². The second kappa shape index (κ2) is 7.88. The van der Waals surface area contributed by atoms with Gasteiger partial charge in [0.1, 0.15) is 11.9 Å². The summed E-state index contributed by atoms with van der Waals surface area (Å²) in [5.74, 6) is 0.608. The summed E-state index contributed by atoms with van der Waals surface area (Å²) >= 11 is 9.36. The number of aromatic nitrogens is 2. The van der Waals surface area contributed by atoms with Crippen LogP contribution in [0.2, 0.25) is 5.02 Å². The van der Waals surface area contributed by atoms with Crippen molar-refractivity contribution in [2.45, 2.75) is 17.7 Å². The van der Waals surface area contributed by atoms with E-state index in [1.807, 2.05) is 29.8 Å². The second-order valence-corrected chi connectivity index (χ2v) is 8.13. The van der Waals surface area contributed by atoms with Crippen LogP contribution in [0.25, 0.3) is 11.3 Å². The van der Waals surface area contributed by atoms with Crippen LogP contribution in [-0.2, 0) is 6.42 Å². The number of thiophene rings is 1. The molecule has 4 rings (SSSR count). The van der Waals surface area contributed by atoms with Gasteiger partial charge < -0.3 is 10.1 Å². The first-order valence-electron chi connectivity index (χ1n) is 8.32. The highest BCUT2D eigenvalue weighted by molar-refractivity contribution is 7.98. The van der Waals surface area contributed by atoms with Gasteiger partial charge in [0.05, 0.1) is 22.1 Å². The zero-order valence-electron chi connectivity index (χ0n) is 14.4. The van der Waals surface area contributed by atoms with Crippen LogP contribution in [0.3, 0.4) is 0 Å². The minimum absolute atomic E-state index is 0.0816. The molecule has 27 heavy (non-hydrogen) atoms. The van der Waals surface area contributed by atoms with E-state index in [2.05, 4.69) is 21.4 Å². The molecule has 3 heterocycles. The van der Waals surface area contributed by atoms with Crippen LogP contribution in [-0.4, -0.2) is 34.8 Å². The van der Waals surface area contributed by atoms with Crippen LogP contribution in [0.15, 0.2) is 47.1 Å². The van der Waals surface area contributed by atoms with Gasteiger partial charge in [0.25, 0.3) is 5.91 Å². The van der Waals surface area contributed by atoms with E-state index in [4.69, 9.17) is 16.3 Å². The van der Waals surface area contributed by atoms with Crippen molar-refractivity contribution in [1.82, 2.24) is 15.3 Å². The molecule has 0 bridgehead atoms. The van der Waals surface area contributed by atoms with Gasteiger partial charge in [-0.05, 0) is 35.9 Å². The van der Waals surface area contributed by atoms with Gasteiger partial charge in [0.2, 0.25) is 0 Å². The molecule has 3 aromatic rings. The number of carbonyl (C=O) groups is 1. The Kier molecular flexibility index (Phi) is 5.33. The van der Waals surface area contributed by atoms with E-state index in [-0.39, 0.29) is 12.0 Å². The molecule has 1 amide bonds. The molecule has 1 unspecified atom stereocenters. The van der Waals surface area contributed by atoms with Crippen LogP contribution in [0, 0.1) is 0 Å². The highest BCUT2D eigenvalue weighted by atomic mass is 35.5. The lowest BCUT2D eigenvalue weighted by atomic mass is 10.0. The van der Waals surface area contributed by atoms with Gasteiger partial charge in [-0.15, -0.1) is 11.3 Å². The number of thioether (sulfide) groups is 1. The average Bonchev–Trinajstić information content (AvgIpc) is 3.36. The fourth-order valence-corrected chi connectivity index (χ4v) is 4.23. The number of carbonyl (C=O) groups excluding carboxylic acids is 1. The molecule has 8 heteroatoms. The summed E-state index contributed by atoms with van der Waals surface area (Å²) in [5, 5.41) is 6.08. The van der Waals surface area contributed by atoms with Crippen LogP contribution in [0.5, 0.6) is 5.75 Å². The third kappa shape index (κ3) is 3.95. The molecule has 5 nitrogen and oxygen atoms in total. The number of halogens is 1. The predicted octanol–water partition coefficient (Wildman–Crippen LogP) is 4.31. The van der Waals surface area contributed by atoms with Gasteiger partial charge in [-0.1, -0.05) is 29.4 Å². The van der Waals surface area contributed by atoms with Crippen LogP contribution in [0.1, 0.15) is 15.2 Å². The largest absolute Gasteiger partial charge is 0.486 e. The van der Waals surface area contributed by atoms with E-state index in [1.165, 1.54) is 23.1 Å². The quantitative estimate of drug-likeness (QED) is 0.495. The maximum atomic E-state index is 12.1. The van der Waals surface area contributed by atoms with Crippen molar-refractivity contribution in [3.8, 4) is 17.0 Å². The molecule has 1 aromatic carbocycles. The summed E-state index contributed by atoms with van der Waals surface area (Å²) in [5.41, 5.74) is 2.79. The zero-order valence-corrected chi connectivity index (χ0v) is 16.8. The molecule has 138 valence electrons. The minimum atomic E-state index is -0.135. The number of ether oxygens (including phenoxy) is 1. The van der Waals surface area contributed by atoms with E-state index >= 15 is 0 Å². The number of rotatable bonds is 5. The predicted molar refractivity (Wildman–Crippen MR) is 109 cm³/mol. The first kappa shape index (κ1) is 18.3. The van der Waals surface area contributed by atoms with E-state index in [0.29, 0.717) is 28.6 Å². The van der Waals surface area contributed by atoms with E-state index in [9.17, 15) is 4.79 Å². The Bertz CT molecular complexity index is 979. The van der Waals surface area contributed by atoms with Crippen LogP contribution >= 0.6 is 34.7 Å². The zero-order chi connectivity index (χ0) is 18.8. The van der Waals surface area contributed by atoms with Crippen molar-refractivity contribution in [2.75, 3.05) is 12.8 Å². The highest BCUT2D eigenvalue weighted by Crippen LogP contribution is 2.39. The Morgan fingerprint density at radius 1 is 1.44 bits per heavy atom. The van der Waals surface area contributed by atoms with Crippen molar-refractivity contribution >= 4 is 40.6 Å². The molecular formula is C19H16ClN3O2S2. The first-order valence-corrected chi connectivity index (χ1v) is 10.8. The summed E-state index contributed by atoms with van der Waals surface area (Å²) in [4.78, 5) is 21.5. The van der Waals surface area contributed by atoms with Crippen LogP contribution < -0.4 is 10.1 Å². The molecule has 1 aliphatic rings. The maximum absolute atomic E-state index is 12.1. The summed E-state index contributed by atoms with van der Waals surface area (Å²) < 4.78 is 5.96. The molecule has 0 aliphatic carbocycles. The molecule has 0 spiro atoms.